The maximum absolute atomic E-state index is 13.5. The van der Waals surface area contributed by atoms with E-state index in [-0.39, 0.29) is 18.1 Å². The number of hydrogen-bond acceptors (Lipinski definition) is 3. The van der Waals surface area contributed by atoms with Crippen LogP contribution in [-0.2, 0) is 19.3 Å². The molecule has 1 saturated carbocycles. The lowest BCUT2D eigenvalue weighted by Crippen LogP contribution is -2.52. The summed E-state index contributed by atoms with van der Waals surface area (Å²) in [6.07, 6.45) is 3.11. The highest BCUT2D eigenvalue weighted by atomic mass is 19.4. The fourth-order valence-electron chi connectivity index (χ4n) is 5.86. The van der Waals surface area contributed by atoms with Crippen molar-refractivity contribution < 1.29 is 18.0 Å². The van der Waals surface area contributed by atoms with Crippen molar-refractivity contribution in [2.75, 3.05) is 13.1 Å². The molecule has 1 saturated heterocycles. The van der Waals surface area contributed by atoms with E-state index in [4.69, 9.17) is 4.98 Å². The summed E-state index contributed by atoms with van der Waals surface area (Å²) in [6, 6.07) is 15.7. The maximum Gasteiger partial charge on any atom is 0.416 e. The number of nitrogens with one attached hydrogen (secondary N) is 2. The lowest BCUT2D eigenvalue weighted by atomic mass is 9.95. The monoisotopic (exact) mass is 553 g/mol. The molecule has 2 amide bonds. The van der Waals surface area contributed by atoms with E-state index in [0.717, 1.165) is 67.9 Å². The number of imidazole rings is 1. The predicted octanol–water partition coefficient (Wildman–Crippen LogP) is 6.91. The zero-order chi connectivity index (χ0) is 28.1. The Morgan fingerprint density at radius 1 is 1.00 bits per heavy atom. The number of aromatic amines is 1. The second kappa shape index (κ2) is 12.5. The van der Waals surface area contributed by atoms with Crippen LogP contribution in [0.15, 0.2) is 54.6 Å². The van der Waals surface area contributed by atoms with Crippen LogP contribution < -0.4 is 5.32 Å². The van der Waals surface area contributed by atoms with Crippen molar-refractivity contribution in [1.29, 1.82) is 0 Å². The number of benzene rings is 2. The number of piperidine rings is 1. The van der Waals surface area contributed by atoms with Crippen LogP contribution in [0, 0.1) is 6.92 Å². The molecule has 2 N–H and O–H groups in total. The molecule has 1 aliphatic carbocycles. The molecule has 2 fully saturated rings. The molecule has 9 heteroatoms. The van der Waals surface area contributed by atoms with E-state index in [2.05, 4.69) is 27.3 Å². The van der Waals surface area contributed by atoms with Crippen molar-refractivity contribution in [3.8, 4) is 11.4 Å². The second-order valence-corrected chi connectivity index (χ2v) is 11.1. The van der Waals surface area contributed by atoms with Gasteiger partial charge in [0.25, 0.3) is 0 Å². The van der Waals surface area contributed by atoms with Crippen molar-refractivity contribution >= 4 is 6.03 Å². The van der Waals surface area contributed by atoms with Gasteiger partial charge in [0.1, 0.15) is 5.82 Å². The molecule has 0 bridgehead atoms. The number of aromatic nitrogens is 2. The van der Waals surface area contributed by atoms with Gasteiger partial charge in [-0.05, 0) is 50.3 Å². The third-order valence-corrected chi connectivity index (χ3v) is 8.23. The summed E-state index contributed by atoms with van der Waals surface area (Å²) < 4.78 is 38.8. The van der Waals surface area contributed by atoms with Crippen LogP contribution in [0.4, 0.5) is 18.0 Å². The third kappa shape index (κ3) is 7.05. The number of rotatable bonds is 7. The standard InChI is InChI=1S/C31H38F3N5O/c1-22-28(37-29(35-22)24-12-14-25(15-13-24)31(32,33)34)21-38-18-16-27(17-19-38)39(20-23-8-4-2-5-9-23)30(40)36-26-10-6-3-7-11-26/h2,4-5,8-9,12-15,26-27H,3,6-7,10-11,16-21H2,1H3,(H,35,37)(H,36,40). The van der Waals surface area contributed by atoms with Gasteiger partial charge in [-0.1, -0.05) is 61.7 Å². The first-order valence-corrected chi connectivity index (χ1v) is 14.3. The Morgan fingerprint density at radius 3 is 2.33 bits per heavy atom. The third-order valence-electron chi connectivity index (χ3n) is 8.23. The van der Waals surface area contributed by atoms with Crippen molar-refractivity contribution in [2.24, 2.45) is 0 Å². The van der Waals surface area contributed by atoms with Crippen molar-refractivity contribution in [2.45, 2.75) is 83.2 Å². The number of aryl methyl sites for hydroxylation is 1. The van der Waals surface area contributed by atoms with Gasteiger partial charge >= 0.3 is 12.2 Å². The number of likely N-dealkylation sites (tertiary alicyclic amines) is 1. The van der Waals surface area contributed by atoms with Crippen LogP contribution in [0.2, 0.25) is 0 Å². The van der Waals surface area contributed by atoms with Crippen LogP contribution in [0.1, 0.15) is 67.5 Å². The fraction of sp³-hybridized carbons (Fsp3) is 0.484. The lowest BCUT2D eigenvalue weighted by Gasteiger charge is -2.39. The predicted molar refractivity (Wildman–Crippen MR) is 149 cm³/mol. The van der Waals surface area contributed by atoms with Gasteiger partial charge in [-0.2, -0.15) is 13.2 Å². The van der Waals surface area contributed by atoms with Crippen molar-refractivity contribution in [1.82, 2.24) is 25.1 Å². The van der Waals surface area contributed by atoms with E-state index in [9.17, 15) is 18.0 Å². The quantitative estimate of drug-likeness (QED) is 0.334. The number of carbonyl (C=O) groups is 1. The maximum atomic E-state index is 13.5. The summed E-state index contributed by atoms with van der Waals surface area (Å²) >= 11 is 0. The molecular weight excluding hydrogens is 515 g/mol. The first-order valence-electron chi connectivity index (χ1n) is 14.3. The topological polar surface area (TPSA) is 64.3 Å². The molecule has 2 heterocycles. The average molecular weight is 554 g/mol. The smallest absolute Gasteiger partial charge is 0.342 e. The summed E-state index contributed by atoms with van der Waals surface area (Å²) in [4.78, 5) is 25.8. The first kappa shape index (κ1) is 28.2. The van der Waals surface area contributed by atoms with E-state index in [1.54, 1.807) is 0 Å². The number of H-pyrrole nitrogens is 1. The summed E-state index contributed by atoms with van der Waals surface area (Å²) in [5.41, 5.74) is 2.89. The van der Waals surface area contributed by atoms with E-state index in [0.29, 0.717) is 24.5 Å². The Bertz CT molecular complexity index is 1240. The number of hydrogen-bond donors (Lipinski definition) is 2. The Hall–Kier alpha value is -3.33. The minimum absolute atomic E-state index is 0.0403. The van der Waals surface area contributed by atoms with Gasteiger partial charge in [-0.25, -0.2) is 9.78 Å². The summed E-state index contributed by atoms with van der Waals surface area (Å²) in [6.45, 7) is 4.88. The van der Waals surface area contributed by atoms with Gasteiger partial charge < -0.3 is 15.2 Å². The minimum Gasteiger partial charge on any atom is -0.342 e. The largest absolute Gasteiger partial charge is 0.416 e. The molecular formula is C31H38F3N5O. The van der Waals surface area contributed by atoms with Crippen LogP contribution >= 0.6 is 0 Å². The van der Waals surface area contributed by atoms with Gasteiger partial charge in [0, 0.05) is 49.5 Å². The molecule has 0 unspecified atom stereocenters. The van der Waals surface area contributed by atoms with E-state index < -0.39 is 11.7 Å². The molecule has 1 aromatic heterocycles. The number of alkyl halides is 3. The molecule has 0 radical (unpaired) electrons. The molecule has 40 heavy (non-hydrogen) atoms. The molecule has 1 aliphatic heterocycles. The van der Waals surface area contributed by atoms with Gasteiger partial charge in [-0.3, -0.25) is 4.90 Å². The summed E-state index contributed by atoms with van der Waals surface area (Å²) in [5.74, 6) is 0.574. The first-order chi connectivity index (χ1) is 19.3. The van der Waals surface area contributed by atoms with Gasteiger partial charge in [0.05, 0.1) is 11.3 Å². The number of urea groups is 1. The Balaban J connectivity index is 1.21. The summed E-state index contributed by atoms with van der Waals surface area (Å²) in [5, 5.41) is 3.32. The van der Waals surface area contributed by atoms with Crippen LogP contribution in [0.5, 0.6) is 0 Å². The minimum atomic E-state index is -4.36. The highest BCUT2D eigenvalue weighted by molar-refractivity contribution is 5.75. The zero-order valence-electron chi connectivity index (χ0n) is 23.0. The molecule has 2 aromatic carbocycles. The van der Waals surface area contributed by atoms with Crippen molar-refractivity contribution in [3.05, 3.63) is 77.1 Å². The van der Waals surface area contributed by atoms with Crippen LogP contribution in [-0.4, -0.2) is 51.0 Å². The highest BCUT2D eigenvalue weighted by Gasteiger charge is 2.31. The number of nitrogens with zero attached hydrogens (tertiary/aromatic N) is 3. The molecule has 214 valence electrons. The Labute approximate surface area is 234 Å². The van der Waals surface area contributed by atoms with E-state index in [1.807, 2.05) is 30.0 Å². The van der Waals surface area contributed by atoms with Crippen LogP contribution in [0.25, 0.3) is 11.4 Å². The van der Waals surface area contributed by atoms with Gasteiger partial charge in [-0.15, -0.1) is 0 Å². The van der Waals surface area contributed by atoms with Gasteiger partial charge in [0.2, 0.25) is 0 Å². The SMILES string of the molecule is Cc1[nH]c(-c2ccc(C(F)(F)F)cc2)nc1CN1CCC(N(Cc2ccccc2)C(=O)NC2CCCCC2)CC1. The molecule has 6 nitrogen and oxygen atoms in total. The zero-order valence-corrected chi connectivity index (χ0v) is 23.0. The Kier molecular flexibility index (Phi) is 8.78. The summed E-state index contributed by atoms with van der Waals surface area (Å²) in [7, 11) is 0. The molecule has 0 spiro atoms. The van der Waals surface area contributed by atoms with Gasteiger partial charge in [0.15, 0.2) is 0 Å². The Morgan fingerprint density at radius 2 is 1.68 bits per heavy atom. The lowest BCUT2D eigenvalue weighted by molar-refractivity contribution is -0.137. The number of halogens is 3. The fourth-order valence-corrected chi connectivity index (χ4v) is 5.86. The normalized spacial score (nSPS) is 17.6. The number of carbonyl (C=O) groups excluding carboxylic acids is 1. The second-order valence-electron chi connectivity index (χ2n) is 11.1. The van der Waals surface area contributed by atoms with E-state index in [1.165, 1.54) is 31.4 Å². The molecule has 0 atom stereocenters. The molecule has 2 aliphatic rings. The van der Waals surface area contributed by atoms with Crippen molar-refractivity contribution in [3.63, 3.8) is 0 Å². The number of amides is 2. The molecule has 5 rings (SSSR count). The van der Waals surface area contributed by atoms with E-state index >= 15 is 0 Å². The van der Waals surface area contributed by atoms with Crippen LogP contribution in [0.3, 0.4) is 0 Å². The average Bonchev–Trinajstić information content (AvgIpc) is 3.32. The highest BCUT2D eigenvalue weighted by Crippen LogP contribution is 2.31. The molecule has 3 aromatic rings.